The first-order valence-electron chi connectivity index (χ1n) is 11.6. The van der Waals surface area contributed by atoms with Crippen LogP contribution in [0.3, 0.4) is 0 Å². The number of nitrogens with one attached hydrogen (secondary N) is 1. The molecule has 8 nitrogen and oxygen atoms in total. The first-order chi connectivity index (χ1) is 16.4. The monoisotopic (exact) mass is 463 g/mol. The Morgan fingerprint density at radius 3 is 2.53 bits per heavy atom. The number of piperidine rings is 1. The van der Waals surface area contributed by atoms with Gasteiger partial charge in [-0.15, -0.1) is 0 Å². The van der Waals surface area contributed by atoms with E-state index in [1.165, 1.54) is 7.11 Å². The van der Waals surface area contributed by atoms with Crippen LogP contribution in [-0.2, 0) is 9.53 Å². The molecule has 0 bridgehead atoms. The third-order valence-corrected chi connectivity index (χ3v) is 7.13. The number of hydrogen-bond donors (Lipinski definition) is 1. The van der Waals surface area contributed by atoms with Crippen molar-refractivity contribution in [3.63, 3.8) is 0 Å². The molecule has 178 valence electrons. The van der Waals surface area contributed by atoms with Crippen LogP contribution in [0.15, 0.2) is 60.6 Å². The number of hydrogen-bond acceptors (Lipinski definition) is 6. The lowest BCUT2D eigenvalue weighted by atomic mass is 9.94. The van der Waals surface area contributed by atoms with E-state index in [-0.39, 0.29) is 29.9 Å². The van der Waals surface area contributed by atoms with Gasteiger partial charge in [-0.2, -0.15) is 0 Å². The average Bonchev–Trinajstić information content (AvgIpc) is 3.14. The molecule has 1 fully saturated rings. The molecule has 1 saturated heterocycles. The second-order valence-electron chi connectivity index (χ2n) is 8.99. The molecule has 1 amide bonds. The molecule has 1 aromatic carbocycles. The number of methoxy groups -OCH3 is 1. The lowest BCUT2D eigenvalue weighted by molar-refractivity contribution is -0.897. The SMILES string of the molecule is CNC(=O)c1cc(N2CCC([N+]3(C)C=C(OC)C(=O)C3CC(=O)c3ccccc3)CC2)ccn1. The third kappa shape index (κ3) is 4.46. The zero-order valence-corrected chi connectivity index (χ0v) is 19.9. The maximum absolute atomic E-state index is 13.2. The molecule has 2 aliphatic rings. The summed E-state index contributed by atoms with van der Waals surface area (Å²) in [6, 6.07) is 12.5. The van der Waals surface area contributed by atoms with Gasteiger partial charge in [0, 0.05) is 50.4 Å². The molecule has 2 unspecified atom stereocenters. The van der Waals surface area contributed by atoms with Crippen LogP contribution in [0.1, 0.15) is 40.1 Å². The van der Waals surface area contributed by atoms with Gasteiger partial charge in [0.2, 0.25) is 5.76 Å². The number of quaternary nitrogens is 1. The molecular formula is C26H31N4O4+. The van der Waals surface area contributed by atoms with Crippen LogP contribution in [0.2, 0.25) is 0 Å². The quantitative estimate of drug-likeness (QED) is 0.502. The molecule has 1 aromatic heterocycles. The van der Waals surface area contributed by atoms with Crippen LogP contribution in [0.25, 0.3) is 0 Å². The summed E-state index contributed by atoms with van der Waals surface area (Å²) in [5, 5.41) is 2.61. The summed E-state index contributed by atoms with van der Waals surface area (Å²) in [7, 11) is 5.12. The van der Waals surface area contributed by atoms with Crippen LogP contribution in [0.4, 0.5) is 5.69 Å². The molecule has 8 heteroatoms. The van der Waals surface area contributed by atoms with E-state index in [4.69, 9.17) is 4.74 Å². The van der Waals surface area contributed by atoms with Crippen molar-refractivity contribution >= 4 is 23.2 Å². The van der Waals surface area contributed by atoms with E-state index in [0.717, 1.165) is 31.6 Å². The normalized spacial score (nSPS) is 22.9. The number of aromatic nitrogens is 1. The molecule has 34 heavy (non-hydrogen) atoms. The molecule has 0 radical (unpaired) electrons. The number of nitrogens with zero attached hydrogens (tertiary/aromatic N) is 3. The third-order valence-electron chi connectivity index (χ3n) is 7.13. The van der Waals surface area contributed by atoms with Crippen LogP contribution < -0.4 is 10.2 Å². The fraction of sp³-hybridized carbons (Fsp3) is 0.385. The van der Waals surface area contributed by atoms with Crippen molar-refractivity contribution in [1.82, 2.24) is 10.3 Å². The van der Waals surface area contributed by atoms with Gasteiger partial charge in [-0.05, 0) is 12.1 Å². The van der Waals surface area contributed by atoms with E-state index in [0.29, 0.717) is 21.5 Å². The Kier molecular flexibility index (Phi) is 6.79. The molecule has 0 saturated carbocycles. The van der Waals surface area contributed by atoms with Gasteiger partial charge < -0.3 is 15.0 Å². The summed E-state index contributed by atoms with van der Waals surface area (Å²) in [6.07, 6.45) is 5.36. The number of ether oxygens (including phenoxy) is 1. The van der Waals surface area contributed by atoms with E-state index < -0.39 is 6.04 Å². The Morgan fingerprint density at radius 1 is 1.18 bits per heavy atom. The van der Waals surface area contributed by atoms with Crippen molar-refractivity contribution in [1.29, 1.82) is 0 Å². The van der Waals surface area contributed by atoms with Crippen LogP contribution in [-0.4, -0.2) is 73.3 Å². The lowest BCUT2D eigenvalue weighted by Crippen LogP contribution is -2.58. The number of amides is 1. The minimum atomic E-state index is -0.500. The highest BCUT2D eigenvalue weighted by molar-refractivity contribution is 6.04. The van der Waals surface area contributed by atoms with E-state index in [1.807, 2.05) is 37.5 Å². The fourth-order valence-corrected chi connectivity index (χ4v) is 5.09. The number of rotatable bonds is 7. The fourth-order valence-electron chi connectivity index (χ4n) is 5.09. The van der Waals surface area contributed by atoms with Crippen molar-refractivity contribution in [2.45, 2.75) is 31.3 Å². The molecule has 4 rings (SSSR count). The Hall–Kier alpha value is -3.52. The second-order valence-corrected chi connectivity index (χ2v) is 8.99. The second kappa shape index (κ2) is 9.77. The van der Waals surface area contributed by atoms with E-state index >= 15 is 0 Å². The number of pyridine rings is 1. The van der Waals surface area contributed by atoms with Gasteiger partial charge >= 0.3 is 0 Å². The number of Topliss-reactive ketones (excluding diaryl/α,β-unsaturated/α-hetero) is 2. The average molecular weight is 464 g/mol. The van der Waals surface area contributed by atoms with Gasteiger partial charge in [-0.3, -0.25) is 23.9 Å². The largest absolute Gasteiger partial charge is 0.489 e. The van der Waals surface area contributed by atoms with Crippen LogP contribution in [0, 0.1) is 0 Å². The summed E-state index contributed by atoms with van der Waals surface area (Å²) in [5.74, 6) is -0.0280. The molecule has 0 spiro atoms. The summed E-state index contributed by atoms with van der Waals surface area (Å²) < 4.78 is 5.76. The van der Waals surface area contributed by atoms with Gasteiger partial charge in [0.25, 0.3) is 11.7 Å². The number of benzene rings is 1. The van der Waals surface area contributed by atoms with E-state index in [2.05, 4.69) is 15.2 Å². The van der Waals surface area contributed by atoms with Crippen molar-refractivity contribution in [2.75, 3.05) is 39.2 Å². The summed E-state index contributed by atoms with van der Waals surface area (Å²) >= 11 is 0. The predicted octanol–water partition coefficient (Wildman–Crippen LogP) is 2.57. The maximum atomic E-state index is 13.2. The smallest absolute Gasteiger partial charge is 0.269 e. The van der Waals surface area contributed by atoms with Crippen LogP contribution in [0.5, 0.6) is 0 Å². The zero-order valence-electron chi connectivity index (χ0n) is 19.9. The first kappa shape index (κ1) is 23.6. The predicted molar refractivity (Wildman–Crippen MR) is 128 cm³/mol. The first-order valence-corrected chi connectivity index (χ1v) is 11.6. The van der Waals surface area contributed by atoms with Crippen molar-refractivity contribution in [3.05, 3.63) is 71.9 Å². The lowest BCUT2D eigenvalue weighted by Gasteiger charge is -2.44. The van der Waals surface area contributed by atoms with Gasteiger partial charge in [0.05, 0.1) is 26.6 Å². The van der Waals surface area contributed by atoms with Gasteiger partial charge in [0.15, 0.2) is 11.8 Å². The van der Waals surface area contributed by atoms with E-state index in [9.17, 15) is 14.4 Å². The topological polar surface area (TPSA) is 88.6 Å². The molecular weight excluding hydrogens is 432 g/mol. The summed E-state index contributed by atoms with van der Waals surface area (Å²) in [6.45, 7) is 1.55. The molecule has 2 aliphatic heterocycles. The molecule has 1 N–H and O–H groups in total. The summed E-state index contributed by atoms with van der Waals surface area (Å²) in [5.41, 5.74) is 1.96. The molecule has 2 atom stereocenters. The standard InChI is InChI=1S/C26H30N4O4/c1-27-26(33)21-15-19(9-12-28-21)29-13-10-20(11-14-29)30(2)17-24(34-3)25(32)22(30)16-23(31)18-7-5-4-6-8-18/h4-9,12,15,17,20,22H,10-11,13-14,16H2,1-3H3/p+1. The molecule has 2 aromatic rings. The highest BCUT2D eigenvalue weighted by Crippen LogP contribution is 2.36. The Morgan fingerprint density at radius 2 is 1.88 bits per heavy atom. The minimum absolute atomic E-state index is 0.0370. The summed E-state index contributed by atoms with van der Waals surface area (Å²) in [4.78, 5) is 44.5. The van der Waals surface area contributed by atoms with Crippen LogP contribution >= 0.6 is 0 Å². The highest BCUT2D eigenvalue weighted by Gasteiger charge is 2.52. The van der Waals surface area contributed by atoms with Crippen molar-refractivity contribution < 1.29 is 23.6 Å². The highest BCUT2D eigenvalue weighted by atomic mass is 16.5. The number of likely N-dealkylation sites (N-methyl/N-ethyl adjacent to an activating group) is 1. The van der Waals surface area contributed by atoms with Crippen molar-refractivity contribution in [3.8, 4) is 0 Å². The molecule has 3 heterocycles. The van der Waals surface area contributed by atoms with Gasteiger partial charge in [-0.1, -0.05) is 30.3 Å². The Balaban J connectivity index is 1.51. The Labute approximate surface area is 199 Å². The number of carbonyl (C=O) groups is 3. The van der Waals surface area contributed by atoms with E-state index in [1.54, 1.807) is 31.4 Å². The maximum Gasteiger partial charge on any atom is 0.269 e. The van der Waals surface area contributed by atoms with Crippen molar-refractivity contribution in [2.24, 2.45) is 0 Å². The number of carbonyl (C=O) groups excluding carboxylic acids is 3. The minimum Gasteiger partial charge on any atom is -0.489 e. The van der Waals surface area contributed by atoms with Gasteiger partial charge in [0.1, 0.15) is 11.9 Å². The number of ketones is 2. The van der Waals surface area contributed by atoms with Gasteiger partial charge in [-0.25, -0.2) is 0 Å². The zero-order chi connectivity index (χ0) is 24.3. The number of anilines is 1. The Bertz CT molecular complexity index is 1110. The molecule has 0 aliphatic carbocycles.